The molecule has 4 heteroatoms. The maximum absolute atomic E-state index is 11.5. The number of ketones is 1. The predicted molar refractivity (Wildman–Crippen MR) is 62.7 cm³/mol. The molecule has 0 saturated carbocycles. The van der Waals surface area contributed by atoms with Gasteiger partial charge in [-0.05, 0) is 45.3 Å². The Labute approximate surface area is 101 Å². The highest BCUT2D eigenvalue weighted by Gasteiger charge is 2.19. The van der Waals surface area contributed by atoms with Gasteiger partial charge in [-0.15, -0.1) is 0 Å². The van der Waals surface area contributed by atoms with E-state index in [1.165, 1.54) is 0 Å². The van der Waals surface area contributed by atoms with E-state index in [0.717, 1.165) is 11.1 Å². The van der Waals surface area contributed by atoms with Gasteiger partial charge in [0.1, 0.15) is 5.75 Å². The van der Waals surface area contributed by atoms with Crippen LogP contribution in [0.2, 0.25) is 0 Å². The highest BCUT2D eigenvalue weighted by atomic mass is 79.9. The van der Waals surface area contributed by atoms with Crippen molar-refractivity contribution in [3.8, 4) is 11.8 Å². The van der Waals surface area contributed by atoms with Gasteiger partial charge in [0.2, 0.25) is 0 Å². The van der Waals surface area contributed by atoms with Crippen molar-refractivity contribution in [3.05, 3.63) is 33.3 Å². The zero-order chi connectivity index (χ0) is 11.7. The molecule has 0 amide bonds. The molecular formula is C12H8BrNO2. The normalized spacial score (nSPS) is 12.9. The van der Waals surface area contributed by atoms with Crippen molar-refractivity contribution in [1.82, 2.24) is 0 Å². The van der Waals surface area contributed by atoms with E-state index in [1.807, 2.05) is 6.07 Å². The van der Waals surface area contributed by atoms with E-state index in [9.17, 15) is 9.90 Å². The SMILES string of the molecule is N#CCC(=O)C1=Cc2cc(O)c(Br)cc2C1. The van der Waals surface area contributed by atoms with Gasteiger partial charge in [-0.25, -0.2) is 0 Å². The quantitative estimate of drug-likeness (QED) is 0.904. The van der Waals surface area contributed by atoms with Gasteiger partial charge in [-0.2, -0.15) is 5.26 Å². The van der Waals surface area contributed by atoms with E-state index in [4.69, 9.17) is 5.26 Å². The van der Waals surface area contributed by atoms with Crippen LogP contribution in [-0.2, 0) is 11.2 Å². The molecule has 0 radical (unpaired) electrons. The molecular weight excluding hydrogens is 270 g/mol. The van der Waals surface area contributed by atoms with Gasteiger partial charge in [0, 0.05) is 12.0 Å². The minimum absolute atomic E-state index is 0.0903. The molecule has 0 spiro atoms. The molecule has 16 heavy (non-hydrogen) atoms. The highest BCUT2D eigenvalue weighted by molar-refractivity contribution is 9.10. The largest absolute Gasteiger partial charge is 0.507 e. The molecule has 2 rings (SSSR count). The van der Waals surface area contributed by atoms with Crippen LogP contribution in [0.1, 0.15) is 17.5 Å². The lowest BCUT2D eigenvalue weighted by Gasteiger charge is -2.01. The number of carbonyl (C=O) groups excluding carboxylic acids is 1. The van der Waals surface area contributed by atoms with Gasteiger partial charge in [0.05, 0.1) is 17.0 Å². The minimum atomic E-state index is -0.144. The predicted octanol–water partition coefficient (Wildman–Crippen LogP) is 2.58. The zero-order valence-corrected chi connectivity index (χ0v) is 9.91. The van der Waals surface area contributed by atoms with Gasteiger partial charge in [0.15, 0.2) is 5.78 Å². The number of phenolic OH excluding ortho intramolecular Hbond substituents is 1. The van der Waals surface area contributed by atoms with E-state index in [1.54, 1.807) is 18.2 Å². The number of fused-ring (bicyclic) bond motifs is 1. The number of nitrogens with zero attached hydrogens (tertiary/aromatic N) is 1. The third kappa shape index (κ3) is 1.86. The number of rotatable bonds is 2. The van der Waals surface area contributed by atoms with Crippen LogP contribution >= 0.6 is 15.9 Å². The van der Waals surface area contributed by atoms with Crippen LogP contribution in [0.3, 0.4) is 0 Å². The van der Waals surface area contributed by atoms with E-state index < -0.39 is 0 Å². The molecule has 1 aromatic carbocycles. The standard InChI is InChI=1S/C12H8BrNO2/c13-10-5-7-3-9(11(15)1-2-14)4-8(7)6-12(10)16/h4-6,16H,1,3H2. The third-order valence-electron chi connectivity index (χ3n) is 2.52. The van der Waals surface area contributed by atoms with Crippen LogP contribution < -0.4 is 0 Å². The number of allylic oxidation sites excluding steroid dienone is 1. The lowest BCUT2D eigenvalue weighted by atomic mass is 10.1. The van der Waals surface area contributed by atoms with E-state index in [0.29, 0.717) is 16.5 Å². The molecule has 1 N–H and O–H groups in total. The van der Waals surface area contributed by atoms with Crippen LogP contribution in [-0.4, -0.2) is 10.9 Å². The fourth-order valence-corrected chi connectivity index (χ4v) is 2.11. The number of hydrogen-bond acceptors (Lipinski definition) is 3. The van der Waals surface area contributed by atoms with E-state index >= 15 is 0 Å². The summed E-state index contributed by atoms with van der Waals surface area (Å²) < 4.78 is 0.619. The first-order chi connectivity index (χ1) is 7.61. The molecule has 0 saturated heterocycles. The molecule has 1 aliphatic rings. The zero-order valence-electron chi connectivity index (χ0n) is 8.33. The summed E-state index contributed by atoms with van der Waals surface area (Å²) in [6, 6.07) is 5.26. The number of aromatic hydroxyl groups is 1. The molecule has 3 nitrogen and oxygen atoms in total. The van der Waals surface area contributed by atoms with Crippen LogP contribution in [0.5, 0.6) is 5.75 Å². The molecule has 80 valence electrons. The fourth-order valence-electron chi connectivity index (χ4n) is 1.71. The van der Waals surface area contributed by atoms with Gasteiger partial charge < -0.3 is 5.11 Å². The second-order valence-electron chi connectivity index (χ2n) is 3.61. The Hall–Kier alpha value is -1.60. The van der Waals surface area contributed by atoms with Gasteiger partial charge in [-0.3, -0.25) is 4.79 Å². The Bertz CT molecular complexity index is 541. The number of halogens is 1. The topological polar surface area (TPSA) is 61.1 Å². The van der Waals surface area contributed by atoms with Gasteiger partial charge in [-0.1, -0.05) is 0 Å². The third-order valence-corrected chi connectivity index (χ3v) is 3.15. The summed E-state index contributed by atoms with van der Waals surface area (Å²) in [5.41, 5.74) is 2.47. The first-order valence-corrected chi connectivity index (χ1v) is 5.53. The molecule has 1 aliphatic carbocycles. The number of phenols is 1. The fraction of sp³-hybridized carbons (Fsp3) is 0.167. The average molecular weight is 278 g/mol. The van der Waals surface area contributed by atoms with Crippen molar-refractivity contribution >= 4 is 27.8 Å². The molecule has 0 atom stereocenters. The maximum atomic E-state index is 11.5. The van der Waals surface area contributed by atoms with Gasteiger partial charge in [0.25, 0.3) is 0 Å². The van der Waals surface area contributed by atoms with Crippen LogP contribution in [0.4, 0.5) is 0 Å². The van der Waals surface area contributed by atoms with Gasteiger partial charge >= 0.3 is 0 Å². The number of benzene rings is 1. The minimum Gasteiger partial charge on any atom is -0.507 e. The number of Topliss-reactive ketones (excluding diaryl/α,β-unsaturated/α-hetero) is 1. The summed E-state index contributed by atoms with van der Waals surface area (Å²) in [6.07, 6.45) is 2.18. The van der Waals surface area contributed by atoms with Crippen molar-refractivity contribution in [2.24, 2.45) is 0 Å². The molecule has 0 aliphatic heterocycles. The second-order valence-corrected chi connectivity index (χ2v) is 4.46. The van der Waals surface area contributed by atoms with Crippen molar-refractivity contribution in [2.75, 3.05) is 0 Å². The summed E-state index contributed by atoms with van der Waals surface area (Å²) in [5.74, 6) is 0.0123. The lowest BCUT2D eigenvalue weighted by Crippen LogP contribution is -2.00. The molecule has 0 fully saturated rings. The number of hydrogen-bond donors (Lipinski definition) is 1. The molecule has 1 aromatic rings. The Balaban J connectivity index is 2.32. The summed E-state index contributed by atoms with van der Waals surface area (Å²) >= 11 is 3.23. The average Bonchev–Trinajstić information content (AvgIpc) is 2.62. The summed E-state index contributed by atoms with van der Waals surface area (Å²) in [5, 5.41) is 18.0. The summed E-state index contributed by atoms with van der Waals surface area (Å²) in [4.78, 5) is 11.5. The Kier molecular flexibility index (Phi) is 2.80. The number of nitriles is 1. The van der Waals surface area contributed by atoms with E-state index in [2.05, 4.69) is 15.9 Å². The van der Waals surface area contributed by atoms with Crippen molar-refractivity contribution in [2.45, 2.75) is 12.8 Å². The lowest BCUT2D eigenvalue weighted by molar-refractivity contribution is -0.114. The van der Waals surface area contributed by atoms with Crippen molar-refractivity contribution < 1.29 is 9.90 Å². The second kappa shape index (κ2) is 4.11. The first kappa shape index (κ1) is 10.9. The highest BCUT2D eigenvalue weighted by Crippen LogP contribution is 2.34. The Morgan fingerprint density at radius 1 is 1.56 bits per heavy atom. The first-order valence-electron chi connectivity index (χ1n) is 4.74. The molecule has 0 bridgehead atoms. The Morgan fingerprint density at radius 3 is 3.00 bits per heavy atom. The maximum Gasteiger partial charge on any atom is 0.173 e. The van der Waals surface area contributed by atoms with Crippen LogP contribution in [0.15, 0.2) is 22.2 Å². The van der Waals surface area contributed by atoms with Crippen molar-refractivity contribution in [3.63, 3.8) is 0 Å². The van der Waals surface area contributed by atoms with E-state index in [-0.39, 0.29) is 18.0 Å². The number of carbonyl (C=O) groups is 1. The molecule has 0 aromatic heterocycles. The molecule has 0 unspecified atom stereocenters. The monoisotopic (exact) mass is 277 g/mol. The van der Waals surface area contributed by atoms with Crippen LogP contribution in [0.25, 0.3) is 6.08 Å². The Morgan fingerprint density at radius 2 is 2.31 bits per heavy atom. The molecule has 0 heterocycles. The summed E-state index contributed by atoms with van der Waals surface area (Å²) in [6.45, 7) is 0. The van der Waals surface area contributed by atoms with Crippen molar-refractivity contribution in [1.29, 1.82) is 5.26 Å². The smallest absolute Gasteiger partial charge is 0.173 e. The van der Waals surface area contributed by atoms with Crippen LogP contribution in [0, 0.1) is 11.3 Å². The summed E-state index contributed by atoms with van der Waals surface area (Å²) in [7, 11) is 0.